The molecule has 1 aromatic heterocycles. The lowest BCUT2D eigenvalue weighted by atomic mass is 10.2. The van der Waals surface area contributed by atoms with E-state index in [1.807, 2.05) is 6.07 Å². The van der Waals surface area contributed by atoms with Gasteiger partial charge < -0.3 is 4.74 Å². The Labute approximate surface area is 121 Å². The van der Waals surface area contributed by atoms with Gasteiger partial charge in [0.15, 0.2) is 5.06 Å². The van der Waals surface area contributed by atoms with E-state index in [0.29, 0.717) is 5.56 Å². The number of carbonyl (C=O) groups excluding carboxylic acids is 1. The first kappa shape index (κ1) is 14.9. The molecule has 1 N–H and O–H groups in total. The van der Waals surface area contributed by atoms with Crippen LogP contribution in [0.1, 0.15) is 11.1 Å². The molecule has 4 nitrogen and oxygen atoms in total. The lowest BCUT2D eigenvalue weighted by molar-refractivity contribution is -0.137. The fourth-order valence-corrected chi connectivity index (χ4v) is 2.09. The van der Waals surface area contributed by atoms with Gasteiger partial charge >= 0.3 is 12.3 Å². The fraction of sp³-hybridized carbons (Fsp3) is 0.0769. The second-order valence-electron chi connectivity index (χ2n) is 3.86. The molecule has 2 aromatic rings. The second-order valence-corrected chi connectivity index (χ2v) is 4.73. The number of nitrogens with zero attached hydrogens (tertiary/aromatic N) is 1. The number of thiophene rings is 1. The van der Waals surface area contributed by atoms with Gasteiger partial charge in [0.25, 0.3) is 0 Å². The average molecular weight is 312 g/mol. The van der Waals surface area contributed by atoms with Gasteiger partial charge in [0.05, 0.1) is 11.1 Å². The number of rotatable bonds is 2. The van der Waals surface area contributed by atoms with E-state index < -0.39 is 17.8 Å². The maximum atomic E-state index is 12.4. The van der Waals surface area contributed by atoms with E-state index in [4.69, 9.17) is 10.00 Å². The monoisotopic (exact) mass is 312 g/mol. The molecule has 8 heteroatoms. The number of alkyl halides is 3. The molecule has 2 rings (SSSR count). The predicted molar refractivity (Wildman–Crippen MR) is 70.1 cm³/mol. The maximum Gasteiger partial charge on any atom is 0.417 e. The summed E-state index contributed by atoms with van der Waals surface area (Å²) in [5.74, 6) is 0. The van der Waals surface area contributed by atoms with E-state index in [1.54, 1.807) is 0 Å². The molecule has 1 aromatic carbocycles. The molecule has 1 amide bonds. The van der Waals surface area contributed by atoms with Crippen LogP contribution in [0.4, 0.5) is 23.7 Å². The van der Waals surface area contributed by atoms with Gasteiger partial charge in [-0.1, -0.05) is 0 Å². The summed E-state index contributed by atoms with van der Waals surface area (Å²) in [6.07, 6.45) is -5.27. The standard InChI is InChI=1S/C13H7F3N2O2S/c14-13(15,16)9-1-3-10(4-2-9)18-12(19)20-11-5-8(6-17)7-21-11/h1-5,7H,(H,18,19). The number of halogens is 3. The second kappa shape index (κ2) is 5.85. The van der Waals surface area contributed by atoms with Gasteiger partial charge in [-0.15, -0.1) is 11.3 Å². The molecule has 21 heavy (non-hydrogen) atoms. The maximum absolute atomic E-state index is 12.4. The van der Waals surface area contributed by atoms with E-state index >= 15 is 0 Å². The summed E-state index contributed by atoms with van der Waals surface area (Å²) in [6.45, 7) is 0. The molecule has 0 radical (unpaired) electrons. The third-order valence-electron chi connectivity index (χ3n) is 2.36. The van der Waals surface area contributed by atoms with Crippen molar-refractivity contribution in [2.24, 2.45) is 0 Å². The van der Waals surface area contributed by atoms with Crippen molar-refractivity contribution < 1.29 is 22.7 Å². The minimum Gasteiger partial charge on any atom is -0.399 e. The quantitative estimate of drug-likeness (QED) is 0.901. The number of hydrogen-bond donors (Lipinski definition) is 1. The zero-order valence-corrected chi connectivity index (χ0v) is 11.1. The molecule has 0 fully saturated rings. The molecule has 0 aliphatic heterocycles. The Morgan fingerprint density at radius 1 is 1.29 bits per heavy atom. The third-order valence-corrected chi connectivity index (χ3v) is 3.16. The van der Waals surface area contributed by atoms with Gasteiger partial charge in [-0.25, -0.2) is 4.79 Å². The zero-order chi connectivity index (χ0) is 15.5. The van der Waals surface area contributed by atoms with Crippen molar-refractivity contribution in [3.8, 4) is 11.1 Å². The van der Waals surface area contributed by atoms with E-state index in [9.17, 15) is 18.0 Å². The van der Waals surface area contributed by atoms with Gasteiger partial charge in [-0.2, -0.15) is 18.4 Å². The first-order chi connectivity index (χ1) is 9.88. The average Bonchev–Trinajstić information content (AvgIpc) is 2.85. The number of carbonyl (C=O) groups is 1. The van der Waals surface area contributed by atoms with Crippen molar-refractivity contribution in [2.45, 2.75) is 6.18 Å². The lowest BCUT2D eigenvalue weighted by Gasteiger charge is -2.08. The highest BCUT2D eigenvalue weighted by atomic mass is 32.1. The summed E-state index contributed by atoms with van der Waals surface area (Å²) in [4.78, 5) is 11.5. The van der Waals surface area contributed by atoms with Crippen LogP contribution in [0.25, 0.3) is 0 Å². The normalized spacial score (nSPS) is 10.8. The Morgan fingerprint density at radius 3 is 2.48 bits per heavy atom. The minimum atomic E-state index is -4.43. The highest BCUT2D eigenvalue weighted by Crippen LogP contribution is 2.30. The molecule has 0 spiro atoms. The van der Waals surface area contributed by atoms with Crippen molar-refractivity contribution >= 4 is 23.1 Å². The Morgan fingerprint density at radius 2 is 1.95 bits per heavy atom. The van der Waals surface area contributed by atoms with Crippen LogP contribution in [-0.4, -0.2) is 6.09 Å². The number of benzene rings is 1. The molecule has 0 saturated heterocycles. The number of hydrogen-bond acceptors (Lipinski definition) is 4. The van der Waals surface area contributed by atoms with E-state index in [1.165, 1.54) is 11.4 Å². The number of nitrogens with one attached hydrogen (secondary N) is 1. The first-order valence-electron chi connectivity index (χ1n) is 5.53. The van der Waals surface area contributed by atoms with Crippen LogP contribution in [0, 0.1) is 11.3 Å². The van der Waals surface area contributed by atoms with Crippen molar-refractivity contribution in [2.75, 3.05) is 5.32 Å². The summed E-state index contributed by atoms with van der Waals surface area (Å²) in [5.41, 5.74) is -0.277. The van der Waals surface area contributed by atoms with Gasteiger partial charge in [-0.3, -0.25) is 5.32 Å². The van der Waals surface area contributed by atoms with E-state index in [-0.39, 0.29) is 10.8 Å². The lowest BCUT2D eigenvalue weighted by Crippen LogP contribution is -2.16. The minimum absolute atomic E-state index is 0.171. The fourth-order valence-electron chi connectivity index (χ4n) is 1.41. The molecular formula is C13H7F3N2O2S. The van der Waals surface area contributed by atoms with Gasteiger partial charge in [0.2, 0.25) is 0 Å². The van der Waals surface area contributed by atoms with Gasteiger partial charge in [0.1, 0.15) is 6.07 Å². The number of amides is 1. The zero-order valence-electron chi connectivity index (χ0n) is 10.3. The molecule has 0 bridgehead atoms. The largest absolute Gasteiger partial charge is 0.417 e. The van der Waals surface area contributed by atoms with Crippen LogP contribution in [-0.2, 0) is 6.18 Å². The Bertz CT molecular complexity index is 687. The Kier molecular flexibility index (Phi) is 4.14. The van der Waals surface area contributed by atoms with Crippen molar-refractivity contribution in [3.05, 3.63) is 46.8 Å². The summed E-state index contributed by atoms with van der Waals surface area (Å²) < 4.78 is 42.0. The smallest absolute Gasteiger partial charge is 0.399 e. The summed E-state index contributed by atoms with van der Waals surface area (Å²) in [6, 6.07) is 7.23. The summed E-state index contributed by atoms with van der Waals surface area (Å²) in [5, 5.41) is 12.6. The van der Waals surface area contributed by atoms with Crippen molar-refractivity contribution in [1.82, 2.24) is 0 Å². The molecule has 0 aliphatic carbocycles. The Balaban J connectivity index is 1.98. The highest BCUT2D eigenvalue weighted by molar-refractivity contribution is 7.12. The molecule has 0 atom stereocenters. The number of nitriles is 1. The van der Waals surface area contributed by atoms with Crippen LogP contribution in [0.2, 0.25) is 0 Å². The van der Waals surface area contributed by atoms with Crippen LogP contribution in [0.5, 0.6) is 5.06 Å². The predicted octanol–water partition coefficient (Wildman–Crippen LogP) is 4.25. The van der Waals surface area contributed by atoms with Gasteiger partial charge in [-0.05, 0) is 24.3 Å². The van der Waals surface area contributed by atoms with Crippen LogP contribution < -0.4 is 10.1 Å². The topological polar surface area (TPSA) is 62.1 Å². The third kappa shape index (κ3) is 3.97. The van der Waals surface area contributed by atoms with Gasteiger partial charge in [0, 0.05) is 17.1 Å². The highest BCUT2D eigenvalue weighted by Gasteiger charge is 2.30. The first-order valence-corrected chi connectivity index (χ1v) is 6.41. The van der Waals surface area contributed by atoms with Crippen LogP contribution in [0.15, 0.2) is 35.7 Å². The summed E-state index contributed by atoms with van der Waals surface area (Å²) >= 11 is 1.06. The molecule has 0 aliphatic rings. The SMILES string of the molecule is N#Cc1csc(OC(=O)Nc2ccc(C(F)(F)F)cc2)c1. The number of ether oxygens (including phenoxy) is 1. The van der Waals surface area contributed by atoms with Crippen molar-refractivity contribution in [1.29, 1.82) is 5.26 Å². The summed E-state index contributed by atoms with van der Waals surface area (Å²) in [7, 11) is 0. The van der Waals surface area contributed by atoms with Crippen LogP contribution >= 0.6 is 11.3 Å². The Hall–Kier alpha value is -2.53. The van der Waals surface area contributed by atoms with E-state index in [0.717, 1.165) is 35.6 Å². The molecular weight excluding hydrogens is 305 g/mol. The molecule has 0 saturated carbocycles. The number of anilines is 1. The van der Waals surface area contributed by atoms with E-state index in [2.05, 4.69) is 5.32 Å². The van der Waals surface area contributed by atoms with Crippen LogP contribution in [0.3, 0.4) is 0 Å². The molecule has 1 heterocycles. The van der Waals surface area contributed by atoms with Crippen molar-refractivity contribution in [3.63, 3.8) is 0 Å². The molecule has 108 valence electrons. The molecule has 0 unspecified atom stereocenters.